The highest BCUT2D eigenvalue weighted by Gasteiger charge is 2.45. The minimum atomic E-state index is -2.85. The van der Waals surface area contributed by atoms with Gasteiger partial charge in [-0.1, -0.05) is 11.6 Å². The van der Waals surface area contributed by atoms with E-state index in [2.05, 4.69) is 15.3 Å². The van der Waals surface area contributed by atoms with Crippen LogP contribution in [-0.4, -0.2) is 21.8 Å². The zero-order chi connectivity index (χ0) is 20.3. The highest BCUT2D eigenvalue weighted by molar-refractivity contribution is 6.29. The monoisotopic (exact) mass is 401 g/mol. The third-order valence-corrected chi connectivity index (χ3v) is 4.84. The maximum Gasteiger partial charge on any atom is 0.248 e. The number of rotatable bonds is 4. The maximum atomic E-state index is 13.8. The summed E-state index contributed by atoms with van der Waals surface area (Å²) in [5, 5.41) is 21.1. The fraction of sp³-hybridized carbons (Fsp3) is 0.316. The first kappa shape index (κ1) is 19.7. The molecule has 0 unspecified atom stereocenters. The molecule has 1 heterocycles. The highest BCUT2D eigenvalue weighted by atomic mass is 35.5. The van der Waals surface area contributed by atoms with Crippen molar-refractivity contribution < 1.29 is 13.6 Å². The summed E-state index contributed by atoms with van der Waals surface area (Å²) in [6.45, 7) is 0. The standard InChI is InChI=1S/C19H14ClF2N5O/c20-15-9-26-16(10-25-15)27-18(28)17(13-1-2-19(21,22)6-13)14-4-11(7-23)3-12(5-14)8-24/h3-5,9-10,13,17H,1-2,6H2,(H,26,27,28)/t13-,17+/m1/s1. The fourth-order valence-corrected chi connectivity index (χ4v) is 3.55. The Morgan fingerprint density at radius 2 is 1.89 bits per heavy atom. The van der Waals surface area contributed by atoms with Crippen molar-refractivity contribution in [1.82, 2.24) is 9.97 Å². The molecule has 0 aliphatic heterocycles. The lowest BCUT2D eigenvalue weighted by molar-refractivity contribution is -0.118. The third-order valence-electron chi connectivity index (χ3n) is 4.64. The van der Waals surface area contributed by atoms with Gasteiger partial charge < -0.3 is 5.32 Å². The van der Waals surface area contributed by atoms with Crippen molar-refractivity contribution in [3.63, 3.8) is 0 Å². The summed E-state index contributed by atoms with van der Waals surface area (Å²) in [6, 6.07) is 8.15. The van der Waals surface area contributed by atoms with E-state index < -0.39 is 30.1 Å². The lowest BCUT2D eigenvalue weighted by Gasteiger charge is -2.23. The molecule has 3 rings (SSSR count). The summed E-state index contributed by atoms with van der Waals surface area (Å²) in [5.41, 5.74) is 0.712. The van der Waals surface area contributed by atoms with Crippen LogP contribution in [0.4, 0.5) is 14.6 Å². The van der Waals surface area contributed by atoms with E-state index in [0.717, 1.165) is 0 Å². The number of nitrogens with zero attached hydrogens (tertiary/aromatic N) is 4. The number of nitrogens with one attached hydrogen (secondary N) is 1. The van der Waals surface area contributed by atoms with Crippen LogP contribution in [0.5, 0.6) is 0 Å². The number of amides is 1. The van der Waals surface area contributed by atoms with E-state index in [4.69, 9.17) is 11.6 Å². The molecule has 28 heavy (non-hydrogen) atoms. The Morgan fingerprint density at radius 1 is 1.21 bits per heavy atom. The summed E-state index contributed by atoms with van der Waals surface area (Å²) in [7, 11) is 0. The molecular weight excluding hydrogens is 388 g/mol. The van der Waals surface area contributed by atoms with Gasteiger partial charge in [-0.25, -0.2) is 18.7 Å². The quantitative estimate of drug-likeness (QED) is 0.833. The van der Waals surface area contributed by atoms with Gasteiger partial charge in [0, 0.05) is 12.8 Å². The topological polar surface area (TPSA) is 102 Å². The van der Waals surface area contributed by atoms with Crippen LogP contribution in [0.1, 0.15) is 41.9 Å². The molecule has 2 aromatic rings. The number of nitriles is 2. The molecule has 1 aromatic carbocycles. The number of hydrogen-bond acceptors (Lipinski definition) is 5. The molecule has 1 aromatic heterocycles. The Labute approximate surface area is 164 Å². The van der Waals surface area contributed by atoms with Gasteiger partial charge in [0.1, 0.15) is 5.15 Å². The Hall–Kier alpha value is -3.10. The minimum Gasteiger partial charge on any atom is -0.309 e. The first-order valence-electron chi connectivity index (χ1n) is 8.43. The average molecular weight is 402 g/mol. The van der Waals surface area contributed by atoms with E-state index in [-0.39, 0.29) is 34.9 Å². The number of carbonyl (C=O) groups excluding carboxylic acids is 1. The van der Waals surface area contributed by atoms with E-state index in [1.165, 1.54) is 30.6 Å². The van der Waals surface area contributed by atoms with Crippen molar-refractivity contribution in [2.24, 2.45) is 5.92 Å². The van der Waals surface area contributed by atoms with Gasteiger partial charge in [-0.3, -0.25) is 4.79 Å². The lowest BCUT2D eigenvalue weighted by Crippen LogP contribution is -2.28. The van der Waals surface area contributed by atoms with Gasteiger partial charge in [-0.15, -0.1) is 0 Å². The SMILES string of the molecule is N#Cc1cc(C#N)cc([C@@H](C(=O)Nc2cnc(Cl)cn2)[C@@H]2CCC(F)(F)C2)c1. The third kappa shape index (κ3) is 4.41. The molecular formula is C19H14ClF2N5O. The lowest BCUT2D eigenvalue weighted by atomic mass is 9.82. The first-order valence-corrected chi connectivity index (χ1v) is 8.80. The molecule has 142 valence electrons. The van der Waals surface area contributed by atoms with Crippen molar-refractivity contribution in [2.75, 3.05) is 5.32 Å². The number of anilines is 1. The molecule has 1 N–H and O–H groups in total. The molecule has 2 atom stereocenters. The second-order valence-electron chi connectivity index (χ2n) is 6.62. The Kier molecular flexibility index (Phi) is 5.53. The van der Waals surface area contributed by atoms with E-state index >= 15 is 0 Å². The number of carbonyl (C=O) groups is 1. The molecule has 1 aliphatic carbocycles. The number of halogens is 3. The molecule has 1 saturated carbocycles. The molecule has 6 nitrogen and oxygen atoms in total. The van der Waals surface area contributed by atoms with Crippen LogP contribution in [0.15, 0.2) is 30.6 Å². The fourth-order valence-electron chi connectivity index (χ4n) is 3.45. The summed E-state index contributed by atoms with van der Waals surface area (Å²) < 4.78 is 27.6. The summed E-state index contributed by atoms with van der Waals surface area (Å²) in [4.78, 5) is 20.7. The average Bonchev–Trinajstić information content (AvgIpc) is 3.02. The van der Waals surface area contributed by atoms with E-state index in [1.807, 2.05) is 12.1 Å². The predicted molar refractivity (Wildman–Crippen MR) is 96.6 cm³/mol. The molecule has 9 heteroatoms. The van der Waals surface area contributed by atoms with Crippen LogP contribution in [0.2, 0.25) is 5.15 Å². The Balaban J connectivity index is 1.98. The molecule has 0 radical (unpaired) electrons. The molecule has 1 aliphatic rings. The summed E-state index contributed by atoms with van der Waals surface area (Å²) >= 11 is 5.68. The van der Waals surface area contributed by atoms with Crippen molar-refractivity contribution in [1.29, 1.82) is 10.5 Å². The second-order valence-corrected chi connectivity index (χ2v) is 7.00. The normalized spacial score (nSPS) is 18.7. The number of aromatic nitrogens is 2. The van der Waals surface area contributed by atoms with Gasteiger partial charge in [0.15, 0.2) is 5.82 Å². The molecule has 1 fully saturated rings. The van der Waals surface area contributed by atoms with Crippen LogP contribution in [0.3, 0.4) is 0 Å². The molecule has 0 spiro atoms. The van der Waals surface area contributed by atoms with Crippen LogP contribution >= 0.6 is 11.6 Å². The van der Waals surface area contributed by atoms with Crippen LogP contribution in [-0.2, 0) is 4.79 Å². The van der Waals surface area contributed by atoms with Gasteiger partial charge >= 0.3 is 0 Å². The summed E-state index contributed by atoms with van der Waals surface area (Å²) in [6.07, 6.45) is 1.89. The number of alkyl halides is 2. The van der Waals surface area contributed by atoms with Crippen molar-refractivity contribution in [2.45, 2.75) is 31.1 Å². The van der Waals surface area contributed by atoms with Crippen molar-refractivity contribution in [3.05, 3.63) is 52.4 Å². The molecule has 0 bridgehead atoms. The number of benzene rings is 1. The van der Waals surface area contributed by atoms with Crippen LogP contribution < -0.4 is 5.32 Å². The Bertz CT molecular complexity index is 949. The van der Waals surface area contributed by atoms with Gasteiger partial charge in [0.05, 0.1) is 41.6 Å². The zero-order valence-corrected chi connectivity index (χ0v) is 15.2. The van der Waals surface area contributed by atoms with Crippen molar-refractivity contribution >= 4 is 23.3 Å². The minimum absolute atomic E-state index is 0.126. The predicted octanol–water partition coefficient (Wildman–Crippen LogP) is 4.03. The van der Waals surface area contributed by atoms with E-state index in [0.29, 0.717) is 5.56 Å². The second kappa shape index (κ2) is 7.87. The van der Waals surface area contributed by atoms with Gasteiger partial charge in [-0.05, 0) is 36.1 Å². The van der Waals surface area contributed by atoms with E-state index in [9.17, 15) is 24.1 Å². The van der Waals surface area contributed by atoms with Crippen LogP contribution in [0.25, 0.3) is 0 Å². The zero-order valence-electron chi connectivity index (χ0n) is 14.5. The Morgan fingerprint density at radius 3 is 2.39 bits per heavy atom. The largest absolute Gasteiger partial charge is 0.309 e. The smallest absolute Gasteiger partial charge is 0.248 e. The van der Waals surface area contributed by atoms with Gasteiger partial charge in [-0.2, -0.15) is 10.5 Å². The molecule has 1 amide bonds. The van der Waals surface area contributed by atoms with Crippen LogP contribution in [0, 0.1) is 28.6 Å². The van der Waals surface area contributed by atoms with E-state index in [1.54, 1.807) is 0 Å². The van der Waals surface area contributed by atoms with Gasteiger partial charge in [0.2, 0.25) is 11.8 Å². The highest BCUT2D eigenvalue weighted by Crippen LogP contribution is 2.46. The summed E-state index contributed by atoms with van der Waals surface area (Å²) in [5.74, 6) is -4.89. The number of hydrogen-bond donors (Lipinski definition) is 1. The first-order chi connectivity index (χ1) is 13.3. The van der Waals surface area contributed by atoms with Gasteiger partial charge in [0.25, 0.3) is 0 Å². The maximum absolute atomic E-state index is 13.8. The molecule has 0 saturated heterocycles. The van der Waals surface area contributed by atoms with Crippen molar-refractivity contribution in [3.8, 4) is 12.1 Å².